The minimum absolute atomic E-state index is 0.0637. The van der Waals surface area contributed by atoms with E-state index in [1.807, 2.05) is 6.92 Å². The van der Waals surface area contributed by atoms with E-state index in [-0.39, 0.29) is 29.9 Å². The monoisotopic (exact) mass is 331 g/mol. The number of ether oxygens (including phenoxy) is 1. The maximum atomic E-state index is 13.2. The number of nitrogens with one attached hydrogen (secondary N) is 1. The Morgan fingerprint density at radius 3 is 2.61 bits per heavy atom. The highest BCUT2D eigenvalue weighted by molar-refractivity contribution is 5.77. The van der Waals surface area contributed by atoms with Crippen LogP contribution in [0.1, 0.15) is 44.7 Å². The average molecular weight is 331 g/mol. The van der Waals surface area contributed by atoms with Gasteiger partial charge in [-0.2, -0.15) is 13.2 Å². The number of benzene rings is 1. The number of nitrogens with zero attached hydrogens (tertiary/aromatic N) is 1. The number of guanidine groups is 1. The Balaban J connectivity index is 2.90. The summed E-state index contributed by atoms with van der Waals surface area (Å²) in [6.07, 6.45) is -2.74. The van der Waals surface area contributed by atoms with Gasteiger partial charge in [0, 0.05) is 6.54 Å². The summed E-state index contributed by atoms with van der Waals surface area (Å²) in [5.41, 5.74) is 4.96. The second-order valence-corrected chi connectivity index (χ2v) is 5.47. The Hall–Kier alpha value is -1.92. The molecule has 3 N–H and O–H groups in total. The average Bonchev–Trinajstić information content (AvgIpc) is 2.44. The summed E-state index contributed by atoms with van der Waals surface area (Å²) < 4.78 is 44.9. The van der Waals surface area contributed by atoms with E-state index in [2.05, 4.69) is 10.3 Å². The number of hydrogen-bond donors (Lipinski definition) is 2. The molecule has 0 bridgehead atoms. The van der Waals surface area contributed by atoms with Gasteiger partial charge in [0.15, 0.2) is 5.96 Å². The van der Waals surface area contributed by atoms with Crippen LogP contribution < -0.4 is 15.8 Å². The molecular formula is C16H24F3N3O. The molecule has 0 aromatic heterocycles. The first-order valence-electron chi connectivity index (χ1n) is 7.64. The number of halogens is 3. The van der Waals surface area contributed by atoms with E-state index in [0.717, 1.165) is 18.9 Å². The molecule has 1 aromatic rings. The Labute approximate surface area is 134 Å². The topological polar surface area (TPSA) is 59.6 Å². The highest BCUT2D eigenvalue weighted by Gasteiger charge is 2.33. The van der Waals surface area contributed by atoms with Gasteiger partial charge in [-0.15, -0.1) is 0 Å². The second-order valence-electron chi connectivity index (χ2n) is 5.47. The summed E-state index contributed by atoms with van der Waals surface area (Å²) in [5, 5.41) is 2.87. The van der Waals surface area contributed by atoms with Crippen molar-refractivity contribution in [2.45, 2.75) is 52.4 Å². The van der Waals surface area contributed by atoms with Gasteiger partial charge in [0.2, 0.25) is 0 Å². The zero-order valence-corrected chi connectivity index (χ0v) is 13.7. The van der Waals surface area contributed by atoms with Crippen molar-refractivity contribution in [3.8, 4) is 5.75 Å². The maximum Gasteiger partial charge on any atom is 0.416 e. The molecule has 1 rings (SSSR count). The van der Waals surface area contributed by atoms with Gasteiger partial charge in [0.05, 0.1) is 18.2 Å². The fraction of sp³-hybridized carbons (Fsp3) is 0.562. The van der Waals surface area contributed by atoms with Crippen LogP contribution in [0.25, 0.3) is 0 Å². The van der Waals surface area contributed by atoms with E-state index in [1.54, 1.807) is 13.8 Å². The number of rotatable bonds is 7. The summed E-state index contributed by atoms with van der Waals surface area (Å²) >= 11 is 0. The van der Waals surface area contributed by atoms with Crippen molar-refractivity contribution in [3.63, 3.8) is 0 Å². The molecule has 23 heavy (non-hydrogen) atoms. The molecule has 0 saturated carbocycles. The Kier molecular flexibility index (Phi) is 7.19. The molecule has 4 nitrogen and oxygen atoms in total. The van der Waals surface area contributed by atoms with Crippen LogP contribution in [-0.2, 0) is 12.7 Å². The van der Waals surface area contributed by atoms with Crippen molar-refractivity contribution in [2.75, 3.05) is 6.54 Å². The lowest BCUT2D eigenvalue weighted by atomic mass is 10.1. The first-order valence-corrected chi connectivity index (χ1v) is 7.64. The van der Waals surface area contributed by atoms with Gasteiger partial charge in [-0.1, -0.05) is 19.4 Å². The molecule has 0 atom stereocenters. The van der Waals surface area contributed by atoms with Crippen LogP contribution in [0.15, 0.2) is 23.2 Å². The molecule has 7 heteroatoms. The lowest BCUT2D eigenvalue weighted by Crippen LogP contribution is -2.32. The summed E-state index contributed by atoms with van der Waals surface area (Å²) in [4.78, 5) is 3.97. The molecule has 0 fully saturated rings. The minimum Gasteiger partial charge on any atom is -0.491 e. The van der Waals surface area contributed by atoms with E-state index in [0.29, 0.717) is 6.54 Å². The third-order valence-electron chi connectivity index (χ3n) is 3.01. The third kappa shape index (κ3) is 6.80. The fourth-order valence-electron chi connectivity index (χ4n) is 1.92. The molecule has 0 spiro atoms. The van der Waals surface area contributed by atoms with Gasteiger partial charge in [0.25, 0.3) is 0 Å². The van der Waals surface area contributed by atoms with Crippen LogP contribution in [0.5, 0.6) is 5.75 Å². The van der Waals surface area contributed by atoms with Crippen molar-refractivity contribution in [3.05, 3.63) is 29.3 Å². The number of alkyl halides is 3. The standard InChI is InChI=1S/C16H24F3N3O/c1-4-5-8-21-15(20)22-10-12-6-7-13(23-11(2)3)9-14(12)16(17,18)19/h6-7,9,11H,4-5,8,10H2,1-3H3,(H3,20,21,22). The van der Waals surface area contributed by atoms with E-state index in [9.17, 15) is 13.2 Å². The van der Waals surface area contributed by atoms with Crippen LogP contribution in [0.2, 0.25) is 0 Å². The highest BCUT2D eigenvalue weighted by atomic mass is 19.4. The van der Waals surface area contributed by atoms with Gasteiger partial charge >= 0.3 is 6.18 Å². The Morgan fingerprint density at radius 1 is 1.35 bits per heavy atom. The van der Waals surface area contributed by atoms with Gasteiger partial charge in [-0.05, 0) is 38.0 Å². The van der Waals surface area contributed by atoms with E-state index in [4.69, 9.17) is 10.5 Å². The summed E-state index contributed by atoms with van der Waals surface area (Å²) in [7, 11) is 0. The highest BCUT2D eigenvalue weighted by Crippen LogP contribution is 2.35. The van der Waals surface area contributed by atoms with Crippen LogP contribution in [0, 0.1) is 0 Å². The molecule has 0 radical (unpaired) electrons. The van der Waals surface area contributed by atoms with Gasteiger partial charge in [-0.3, -0.25) is 0 Å². The van der Waals surface area contributed by atoms with Gasteiger partial charge in [0.1, 0.15) is 5.75 Å². The molecule has 1 aromatic carbocycles. The van der Waals surface area contributed by atoms with Crippen molar-refractivity contribution < 1.29 is 17.9 Å². The predicted molar refractivity (Wildman–Crippen MR) is 85.4 cm³/mol. The molecule has 0 saturated heterocycles. The van der Waals surface area contributed by atoms with E-state index >= 15 is 0 Å². The number of nitrogens with two attached hydrogens (primary N) is 1. The summed E-state index contributed by atoms with van der Waals surface area (Å²) in [6, 6.07) is 3.90. The van der Waals surface area contributed by atoms with Gasteiger partial charge in [-0.25, -0.2) is 4.99 Å². The SMILES string of the molecule is CCCCNC(N)=NCc1ccc(OC(C)C)cc1C(F)(F)F. The molecule has 0 amide bonds. The normalized spacial score (nSPS) is 12.6. The first kappa shape index (κ1) is 19.1. The number of aliphatic imine (C=N–C) groups is 1. The largest absolute Gasteiger partial charge is 0.491 e. The smallest absolute Gasteiger partial charge is 0.416 e. The van der Waals surface area contributed by atoms with Crippen LogP contribution in [0.4, 0.5) is 13.2 Å². The van der Waals surface area contributed by atoms with E-state index < -0.39 is 11.7 Å². The zero-order valence-electron chi connectivity index (χ0n) is 13.7. The zero-order chi connectivity index (χ0) is 17.5. The predicted octanol–water partition coefficient (Wildman–Crippen LogP) is 3.70. The van der Waals surface area contributed by atoms with Crippen molar-refractivity contribution in [1.29, 1.82) is 0 Å². The van der Waals surface area contributed by atoms with Crippen LogP contribution >= 0.6 is 0 Å². The second kappa shape index (κ2) is 8.64. The lowest BCUT2D eigenvalue weighted by molar-refractivity contribution is -0.138. The quantitative estimate of drug-likeness (QED) is 0.455. The number of unbranched alkanes of at least 4 members (excludes halogenated alkanes) is 1. The minimum atomic E-state index is -4.47. The molecule has 0 heterocycles. The van der Waals surface area contributed by atoms with Crippen LogP contribution in [-0.4, -0.2) is 18.6 Å². The van der Waals surface area contributed by atoms with Crippen molar-refractivity contribution in [1.82, 2.24) is 5.32 Å². The molecular weight excluding hydrogens is 307 g/mol. The Bertz CT molecular complexity index is 528. The molecule has 0 aliphatic rings. The lowest BCUT2D eigenvalue weighted by Gasteiger charge is -2.16. The van der Waals surface area contributed by atoms with Gasteiger partial charge < -0.3 is 15.8 Å². The fourth-order valence-corrected chi connectivity index (χ4v) is 1.92. The molecule has 0 unspecified atom stereocenters. The number of hydrogen-bond acceptors (Lipinski definition) is 2. The van der Waals surface area contributed by atoms with Crippen LogP contribution in [0.3, 0.4) is 0 Å². The summed E-state index contributed by atoms with van der Waals surface area (Å²) in [6.45, 7) is 6.06. The van der Waals surface area contributed by atoms with Crippen molar-refractivity contribution >= 4 is 5.96 Å². The first-order chi connectivity index (χ1) is 10.7. The molecule has 130 valence electrons. The maximum absolute atomic E-state index is 13.2. The third-order valence-corrected chi connectivity index (χ3v) is 3.01. The van der Waals surface area contributed by atoms with Crippen molar-refractivity contribution in [2.24, 2.45) is 10.7 Å². The summed E-state index contributed by atoms with van der Waals surface area (Å²) in [5.74, 6) is 0.336. The Morgan fingerprint density at radius 2 is 2.04 bits per heavy atom. The molecule has 0 aliphatic heterocycles. The van der Waals surface area contributed by atoms with E-state index in [1.165, 1.54) is 12.1 Å². The molecule has 0 aliphatic carbocycles.